The zero-order chi connectivity index (χ0) is 13.7. The lowest BCUT2D eigenvalue weighted by atomic mass is 9.94. The average Bonchev–Trinajstić information content (AvgIpc) is 2.78. The normalized spacial score (nSPS) is 17.1. The van der Waals surface area contributed by atoms with Crippen molar-refractivity contribution < 1.29 is 0 Å². The zero-order valence-electron chi connectivity index (χ0n) is 12.2. The van der Waals surface area contributed by atoms with Crippen LogP contribution in [0.25, 0.3) is 0 Å². The summed E-state index contributed by atoms with van der Waals surface area (Å²) in [6.07, 6.45) is 11.6. The molecule has 104 valence electrons. The summed E-state index contributed by atoms with van der Waals surface area (Å²) >= 11 is 0. The molecular formula is C16H25N3. The van der Waals surface area contributed by atoms with Crippen LogP contribution >= 0.6 is 0 Å². The fraction of sp³-hybridized carbons (Fsp3) is 0.562. The molecule has 1 atom stereocenters. The van der Waals surface area contributed by atoms with Gasteiger partial charge in [-0.15, -0.1) is 6.58 Å². The summed E-state index contributed by atoms with van der Waals surface area (Å²) in [5.74, 6) is 0. The van der Waals surface area contributed by atoms with Crippen molar-refractivity contribution in [2.45, 2.75) is 58.7 Å². The Kier molecular flexibility index (Phi) is 4.97. The van der Waals surface area contributed by atoms with Gasteiger partial charge in [0.2, 0.25) is 0 Å². The topological polar surface area (TPSA) is 29.9 Å². The van der Waals surface area contributed by atoms with Gasteiger partial charge in [0.25, 0.3) is 0 Å². The first-order chi connectivity index (χ1) is 9.20. The van der Waals surface area contributed by atoms with E-state index in [0.29, 0.717) is 6.04 Å². The molecule has 1 aromatic rings. The van der Waals surface area contributed by atoms with E-state index in [1.165, 1.54) is 31.2 Å². The standard InChI is InChI=1S/C16H25N3/c1-4-10-19-12-16(14(3)18-19)11-17-13(2)15-8-6-5-7-9-15/h4,8,12-13,17H,1,5-7,9-11H2,2-3H3/t13-/m0/s1. The van der Waals surface area contributed by atoms with Gasteiger partial charge in [0.05, 0.1) is 12.2 Å². The third-order valence-corrected chi connectivity index (χ3v) is 3.85. The molecule has 0 radical (unpaired) electrons. The molecule has 1 aliphatic carbocycles. The molecule has 0 aromatic carbocycles. The van der Waals surface area contributed by atoms with Gasteiger partial charge in [0.15, 0.2) is 0 Å². The van der Waals surface area contributed by atoms with Crippen molar-refractivity contribution in [1.29, 1.82) is 0 Å². The first-order valence-electron chi connectivity index (χ1n) is 7.27. The molecule has 1 N–H and O–H groups in total. The van der Waals surface area contributed by atoms with Gasteiger partial charge >= 0.3 is 0 Å². The molecule has 0 aliphatic heterocycles. The van der Waals surface area contributed by atoms with E-state index in [-0.39, 0.29) is 0 Å². The van der Waals surface area contributed by atoms with Gasteiger partial charge in [0, 0.05) is 24.3 Å². The third kappa shape index (κ3) is 3.80. The van der Waals surface area contributed by atoms with Crippen LogP contribution in [0.15, 0.2) is 30.5 Å². The second kappa shape index (κ2) is 6.71. The van der Waals surface area contributed by atoms with Gasteiger partial charge in [-0.25, -0.2) is 0 Å². The average molecular weight is 259 g/mol. The Balaban J connectivity index is 1.90. The van der Waals surface area contributed by atoms with Gasteiger partial charge in [-0.1, -0.05) is 17.7 Å². The van der Waals surface area contributed by atoms with Gasteiger partial charge in [-0.3, -0.25) is 4.68 Å². The molecule has 0 unspecified atom stereocenters. The monoisotopic (exact) mass is 259 g/mol. The maximum Gasteiger partial charge on any atom is 0.0638 e. The number of hydrogen-bond acceptors (Lipinski definition) is 2. The summed E-state index contributed by atoms with van der Waals surface area (Å²) in [5, 5.41) is 8.10. The number of nitrogens with zero attached hydrogens (tertiary/aromatic N) is 2. The number of nitrogens with one attached hydrogen (secondary N) is 1. The number of rotatable bonds is 6. The van der Waals surface area contributed by atoms with Crippen LogP contribution in [0.3, 0.4) is 0 Å². The lowest BCUT2D eigenvalue weighted by molar-refractivity contribution is 0.558. The van der Waals surface area contributed by atoms with Crippen molar-refractivity contribution in [2.75, 3.05) is 0 Å². The highest BCUT2D eigenvalue weighted by molar-refractivity contribution is 5.17. The van der Waals surface area contributed by atoms with Gasteiger partial charge in [-0.2, -0.15) is 5.10 Å². The molecule has 0 fully saturated rings. The van der Waals surface area contributed by atoms with Gasteiger partial charge in [0.1, 0.15) is 0 Å². The maximum atomic E-state index is 4.48. The predicted octanol–water partition coefficient (Wildman–Crippen LogP) is 3.36. The maximum absolute atomic E-state index is 4.48. The Labute approximate surface area is 116 Å². The van der Waals surface area contributed by atoms with Crippen LogP contribution in [0.5, 0.6) is 0 Å². The molecule has 0 saturated carbocycles. The Morgan fingerprint density at radius 1 is 1.53 bits per heavy atom. The lowest BCUT2D eigenvalue weighted by Crippen LogP contribution is -2.28. The molecule has 1 aromatic heterocycles. The number of allylic oxidation sites excluding steroid dienone is 2. The van der Waals surface area contributed by atoms with Crippen LogP contribution in [0.2, 0.25) is 0 Å². The Bertz CT molecular complexity index is 457. The van der Waals surface area contributed by atoms with Crippen LogP contribution in [0, 0.1) is 6.92 Å². The van der Waals surface area contributed by atoms with Gasteiger partial charge in [-0.05, 0) is 39.5 Å². The number of aryl methyl sites for hydroxylation is 1. The fourth-order valence-electron chi connectivity index (χ4n) is 2.61. The second-order valence-electron chi connectivity index (χ2n) is 5.38. The summed E-state index contributed by atoms with van der Waals surface area (Å²) in [5.41, 5.74) is 3.96. The van der Waals surface area contributed by atoms with Crippen molar-refractivity contribution >= 4 is 0 Å². The molecule has 2 rings (SSSR count). The van der Waals surface area contributed by atoms with Crippen molar-refractivity contribution in [3.8, 4) is 0 Å². The van der Waals surface area contributed by atoms with Crippen LogP contribution in [-0.2, 0) is 13.1 Å². The SMILES string of the molecule is C=CCn1cc(CN[C@@H](C)C2=CCCCC2)c(C)n1. The summed E-state index contributed by atoms with van der Waals surface area (Å²) in [4.78, 5) is 0. The van der Waals surface area contributed by atoms with Crippen LogP contribution in [-0.4, -0.2) is 15.8 Å². The molecule has 1 heterocycles. The molecule has 0 amide bonds. The summed E-state index contributed by atoms with van der Waals surface area (Å²) in [6.45, 7) is 9.75. The van der Waals surface area contributed by atoms with Crippen molar-refractivity contribution in [3.63, 3.8) is 0 Å². The zero-order valence-corrected chi connectivity index (χ0v) is 12.2. The smallest absolute Gasteiger partial charge is 0.0638 e. The Morgan fingerprint density at radius 2 is 2.37 bits per heavy atom. The lowest BCUT2D eigenvalue weighted by Gasteiger charge is -2.20. The van der Waals surface area contributed by atoms with Crippen LogP contribution < -0.4 is 5.32 Å². The third-order valence-electron chi connectivity index (χ3n) is 3.85. The first kappa shape index (κ1) is 14.1. The highest BCUT2D eigenvalue weighted by Crippen LogP contribution is 2.20. The Morgan fingerprint density at radius 3 is 3.05 bits per heavy atom. The van der Waals surface area contributed by atoms with E-state index < -0.39 is 0 Å². The fourth-order valence-corrected chi connectivity index (χ4v) is 2.61. The van der Waals surface area contributed by atoms with Crippen LogP contribution in [0.4, 0.5) is 0 Å². The number of hydrogen-bond donors (Lipinski definition) is 1. The highest BCUT2D eigenvalue weighted by atomic mass is 15.3. The van der Waals surface area contributed by atoms with Crippen molar-refractivity contribution in [1.82, 2.24) is 15.1 Å². The quantitative estimate of drug-likeness (QED) is 0.794. The molecule has 19 heavy (non-hydrogen) atoms. The molecular weight excluding hydrogens is 234 g/mol. The minimum Gasteiger partial charge on any atom is -0.306 e. The van der Waals surface area contributed by atoms with Gasteiger partial charge < -0.3 is 5.32 Å². The molecule has 1 aliphatic rings. The van der Waals surface area contributed by atoms with E-state index in [0.717, 1.165) is 18.8 Å². The van der Waals surface area contributed by atoms with Crippen molar-refractivity contribution in [2.24, 2.45) is 0 Å². The van der Waals surface area contributed by atoms with E-state index in [9.17, 15) is 0 Å². The minimum atomic E-state index is 0.474. The summed E-state index contributed by atoms with van der Waals surface area (Å²) < 4.78 is 1.95. The molecule has 0 bridgehead atoms. The molecule has 3 nitrogen and oxygen atoms in total. The van der Waals surface area contributed by atoms with E-state index in [1.807, 2.05) is 10.8 Å². The second-order valence-corrected chi connectivity index (χ2v) is 5.38. The molecule has 3 heteroatoms. The van der Waals surface area contributed by atoms with E-state index >= 15 is 0 Å². The summed E-state index contributed by atoms with van der Waals surface area (Å²) in [6, 6.07) is 0.474. The first-order valence-corrected chi connectivity index (χ1v) is 7.27. The van der Waals surface area contributed by atoms with Crippen molar-refractivity contribution in [3.05, 3.63) is 41.8 Å². The molecule has 0 saturated heterocycles. The number of aromatic nitrogens is 2. The van der Waals surface area contributed by atoms with Crippen LogP contribution in [0.1, 0.15) is 43.9 Å². The largest absolute Gasteiger partial charge is 0.306 e. The van der Waals surface area contributed by atoms with E-state index in [2.05, 4.69) is 43.1 Å². The Hall–Kier alpha value is -1.35. The molecule has 0 spiro atoms. The van der Waals surface area contributed by atoms with E-state index in [4.69, 9.17) is 0 Å². The minimum absolute atomic E-state index is 0.474. The predicted molar refractivity (Wildman–Crippen MR) is 80.0 cm³/mol. The van der Waals surface area contributed by atoms with E-state index in [1.54, 1.807) is 5.57 Å². The summed E-state index contributed by atoms with van der Waals surface area (Å²) in [7, 11) is 0. The highest BCUT2D eigenvalue weighted by Gasteiger charge is 2.12.